The van der Waals surface area contributed by atoms with Crippen molar-refractivity contribution >= 4 is 5.78 Å². The van der Waals surface area contributed by atoms with E-state index in [1.54, 1.807) is 25.3 Å². The van der Waals surface area contributed by atoms with Gasteiger partial charge in [-0.25, -0.2) is 0 Å². The van der Waals surface area contributed by atoms with Crippen molar-refractivity contribution in [1.29, 1.82) is 0 Å². The van der Waals surface area contributed by atoms with Crippen LogP contribution in [0.5, 0.6) is 0 Å². The van der Waals surface area contributed by atoms with Crippen LogP contribution in [0.2, 0.25) is 0 Å². The van der Waals surface area contributed by atoms with Gasteiger partial charge in [-0.2, -0.15) is 6.20 Å². The van der Waals surface area contributed by atoms with Gasteiger partial charge in [0.15, 0.2) is 0 Å². The van der Waals surface area contributed by atoms with Gasteiger partial charge in [-0.15, -0.1) is 0 Å². The molecule has 0 amide bonds. The van der Waals surface area contributed by atoms with Crippen molar-refractivity contribution in [2.24, 2.45) is 0 Å². The first-order valence-corrected chi connectivity index (χ1v) is 2.41. The number of ketones is 1. The van der Waals surface area contributed by atoms with Crippen LogP contribution in [-0.4, -0.2) is 10.6 Å². The maximum Gasteiger partial charge on any atom is 0.298 e. The normalized spacial score (nSPS) is 8.11. The molecule has 0 radical (unpaired) electrons. The summed E-state index contributed by atoms with van der Waals surface area (Å²) in [6, 6.07) is 3.55. The van der Waals surface area contributed by atoms with E-state index < -0.39 is 0 Å². The van der Waals surface area contributed by atoms with E-state index in [4.69, 9.17) is 4.79 Å². The SMILES string of the molecule is CC(=[OH+])c1ccc[n-]1.[Ti]. The number of rotatable bonds is 1. The number of nitrogens with zero attached hydrogens (tertiary/aromatic N) is 1. The van der Waals surface area contributed by atoms with Crippen LogP contribution in [0.3, 0.4) is 0 Å². The van der Waals surface area contributed by atoms with Crippen LogP contribution in [-0.2, 0) is 21.7 Å². The third-order valence-corrected chi connectivity index (χ3v) is 0.924. The molecule has 0 fully saturated rings. The minimum Gasteiger partial charge on any atom is -0.657 e. The molecule has 1 heterocycles. The van der Waals surface area contributed by atoms with E-state index in [1.165, 1.54) is 0 Å². The molecule has 1 rings (SSSR count). The quantitative estimate of drug-likeness (QED) is 0.333. The van der Waals surface area contributed by atoms with E-state index in [2.05, 4.69) is 4.98 Å². The minimum absolute atomic E-state index is 0. The van der Waals surface area contributed by atoms with Crippen LogP contribution in [0, 0.1) is 0 Å². The summed E-state index contributed by atoms with van der Waals surface area (Å²) in [7, 11) is 0. The zero-order valence-electron chi connectivity index (χ0n) is 5.13. The molecule has 2 nitrogen and oxygen atoms in total. The molecule has 3 heteroatoms. The summed E-state index contributed by atoms with van der Waals surface area (Å²) < 4.78 is 0. The van der Waals surface area contributed by atoms with Gasteiger partial charge < -0.3 is 4.98 Å². The van der Waals surface area contributed by atoms with E-state index in [0.29, 0.717) is 5.69 Å². The molecule has 0 saturated heterocycles. The molecular weight excluding hydrogens is 150 g/mol. The first-order valence-electron chi connectivity index (χ1n) is 2.41. The predicted molar refractivity (Wildman–Crippen MR) is 31.5 cm³/mol. The van der Waals surface area contributed by atoms with Crippen molar-refractivity contribution < 1.29 is 26.5 Å². The first-order chi connectivity index (χ1) is 3.80. The molecule has 1 N–H and O–H groups in total. The van der Waals surface area contributed by atoms with Crippen molar-refractivity contribution in [3.8, 4) is 0 Å². The average molecular weight is 157 g/mol. The summed E-state index contributed by atoms with van der Waals surface area (Å²) >= 11 is 0. The number of carbonyl (C=O) groups excluding carboxylic acids is 1. The van der Waals surface area contributed by atoms with Gasteiger partial charge in [-0.3, -0.25) is 4.79 Å². The van der Waals surface area contributed by atoms with Crippen LogP contribution in [0.15, 0.2) is 18.3 Å². The Balaban J connectivity index is 0.000000640. The largest absolute Gasteiger partial charge is 0.657 e. The molecule has 0 bridgehead atoms. The zero-order chi connectivity index (χ0) is 5.98. The van der Waals surface area contributed by atoms with Crippen LogP contribution < -0.4 is 4.98 Å². The standard InChI is InChI=1S/C6H7NO.Ti/c1-5(8)6-3-2-4-7-6;/h2-4H,1H3,(H,7,8);. The van der Waals surface area contributed by atoms with Crippen molar-refractivity contribution in [2.45, 2.75) is 6.92 Å². The molecular formula is C6H7NOTi. The van der Waals surface area contributed by atoms with Gasteiger partial charge in [-0.1, -0.05) is 12.1 Å². The summed E-state index contributed by atoms with van der Waals surface area (Å²) in [4.78, 5) is 12.6. The van der Waals surface area contributed by atoms with E-state index in [1.807, 2.05) is 0 Å². The predicted octanol–water partition coefficient (Wildman–Crippen LogP) is 0.554. The molecule has 0 unspecified atom stereocenters. The van der Waals surface area contributed by atoms with Gasteiger partial charge >= 0.3 is 0 Å². The van der Waals surface area contributed by atoms with Crippen LogP contribution >= 0.6 is 0 Å². The third kappa shape index (κ3) is 2.16. The van der Waals surface area contributed by atoms with Gasteiger partial charge in [0.1, 0.15) is 0 Å². The van der Waals surface area contributed by atoms with E-state index >= 15 is 0 Å². The first kappa shape index (κ1) is 8.66. The molecule has 0 atom stereocenters. The van der Waals surface area contributed by atoms with E-state index in [-0.39, 0.29) is 27.5 Å². The molecule has 0 spiro atoms. The Labute approximate surface area is 68.5 Å². The second-order valence-electron chi connectivity index (χ2n) is 1.61. The molecule has 0 saturated carbocycles. The van der Waals surface area contributed by atoms with Crippen molar-refractivity contribution in [2.75, 3.05) is 0 Å². The summed E-state index contributed by atoms with van der Waals surface area (Å²) in [6.45, 7) is 1.61. The minimum atomic E-state index is 0. The van der Waals surface area contributed by atoms with Crippen LogP contribution in [0.4, 0.5) is 0 Å². The molecule has 46 valence electrons. The van der Waals surface area contributed by atoms with Crippen molar-refractivity contribution in [1.82, 2.24) is 4.98 Å². The van der Waals surface area contributed by atoms with Gasteiger partial charge in [0, 0.05) is 28.6 Å². The number of hydrogen-bond acceptors (Lipinski definition) is 0. The second-order valence-corrected chi connectivity index (χ2v) is 1.61. The Morgan fingerprint density at radius 2 is 2.33 bits per heavy atom. The van der Waals surface area contributed by atoms with Gasteiger partial charge in [-0.05, 0) is 5.69 Å². The third-order valence-electron chi connectivity index (χ3n) is 0.924. The Hall–Kier alpha value is -0.336. The van der Waals surface area contributed by atoms with Gasteiger partial charge in [0.2, 0.25) is 0 Å². The van der Waals surface area contributed by atoms with Crippen molar-refractivity contribution in [3.63, 3.8) is 0 Å². The second kappa shape index (κ2) is 3.64. The van der Waals surface area contributed by atoms with E-state index in [9.17, 15) is 0 Å². The summed E-state index contributed by atoms with van der Waals surface area (Å²) in [5.41, 5.74) is 0.657. The fourth-order valence-corrected chi connectivity index (χ4v) is 0.515. The topological polar surface area (TPSA) is 35.5 Å². The molecule has 1 aromatic rings. The van der Waals surface area contributed by atoms with Crippen LogP contribution in [0.25, 0.3) is 0 Å². The number of hydrogen-bond donors (Lipinski definition) is 0. The molecule has 0 aliphatic heterocycles. The Morgan fingerprint density at radius 1 is 1.67 bits per heavy atom. The fraction of sp³-hybridized carbons (Fsp3) is 0.167. The van der Waals surface area contributed by atoms with Crippen LogP contribution in [0.1, 0.15) is 12.6 Å². The maximum atomic E-state index is 8.77. The Bertz CT molecular complexity index is 181. The Morgan fingerprint density at radius 3 is 2.56 bits per heavy atom. The monoisotopic (exact) mass is 157 g/mol. The van der Waals surface area contributed by atoms with E-state index in [0.717, 1.165) is 0 Å². The molecule has 0 aliphatic rings. The number of aromatic nitrogens is 1. The maximum absolute atomic E-state index is 8.77. The summed E-state index contributed by atoms with van der Waals surface area (Å²) in [5.74, 6) is 0.273. The zero-order valence-corrected chi connectivity index (χ0v) is 6.69. The van der Waals surface area contributed by atoms with Gasteiger partial charge in [0.25, 0.3) is 5.78 Å². The summed E-state index contributed by atoms with van der Waals surface area (Å²) in [6.07, 6.45) is 1.65. The Kier molecular flexibility index (Phi) is 3.51. The molecule has 0 aliphatic carbocycles. The van der Waals surface area contributed by atoms with Crippen molar-refractivity contribution in [3.05, 3.63) is 24.0 Å². The smallest absolute Gasteiger partial charge is 0.298 e. The molecule has 1 aromatic heterocycles. The van der Waals surface area contributed by atoms with Gasteiger partial charge in [0.05, 0.1) is 0 Å². The molecule has 0 aromatic carbocycles. The average Bonchev–Trinajstić information content (AvgIpc) is 2.12. The summed E-state index contributed by atoms with van der Waals surface area (Å²) in [5, 5.41) is 0. The molecule has 9 heavy (non-hydrogen) atoms. The fourth-order valence-electron chi connectivity index (χ4n) is 0.515.